The van der Waals surface area contributed by atoms with Crippen molar-refractivity contribution in [3.05, 3.63) is 28.9 Å². The fraction of sp³-hybridized carbons (Fsp3) is 0.250. The molecule has 4 nitrogen and oxygen atoms in total. The molecular formula is C8H8N2O2. The summed E-state index contributed by atoms with van der Waals surface area (Å²) in [5.74, 6) is 2.30. The lowest BCUT2D eigenvalue weighted by Crippen LogP contribution is -2.20. The zero-order chi connectivity index (χ0) is 8.81. The summed E-state index contributed by atoms with van der Waals surface area (Å²) < 4.78 is 6.27. The molecule has 1 aromatic rings. The Hall–Kier alpha value is -1.60. The first-order valence-corrected chi connectivity index (χ1v) is 3.36. The molecule has 1 aromatic heterocycles. The monoisotopic (exact) mass is 164 g/mol. The van der Waals surface area contributed by atoms with Gasteiger partial charge in [-0.2, -0.15) is 0 Å². The van der Waals surface area contributed by atoms with Gasteiger partial charge in [0.15, 0.2) is 0 Å². The molecule has 1 heterocycles. The molecule has 0 saturated heterocycles. The predicted molar refractivity (Wildman–Crippen MR) is 43.3 cm³/mol. The molecule has 0 radical (unpaired) electrons. The van der Waals surface area contributed by atoms with E-state index < -0.39 is 0 Å². The van der Waals surface area contributed by atoms with Crippen LogP contribution in [0.1, 0.15) is 0 Å². The van der Waals surface area contributed by atoms with E-state index in [0.717, 1.165) is 0 Å². The van der Waals surface area contributed by atoms with E-state index in [9.17, 15) is 4.79 Å². The van der Waals surface area contributed by atoms with Crippen molar-refractivity contribution in [3.63, 3.8) is 0 Å². The van der Waals surface area contributed by atoms with Crippen LogP contribution in [0.15, 0.2) is 23.4 Å². The highest BCUT2D eigenvalue weighted by Crippen LogP contribution is 1.79. The molecule has 0 aliphatic carbocycles. The number of nitrogens with zero attached hydrogens (tertiary/aromatic N) is 2. The smallest absolute Gasteiger partial charge is 0.255 e. The first-order chi connectivity index (χ1) is 5.84. The first-order valence-electron chi connectivity index (χ1n) is 3.36. The molecule has 0 amide bonds. The molecular weight excluding hydrogens is 156 g/mol. The van der Waals surface area contributed by atoms with Crippen LogP contribution in [0.5, 0.6) is 0 Å². The summed E-state index contributed by atoms with van der Waals surface area (Å²) in [4.78, 5) is 14.8. The summed E-state index contributed by atoms with van der Waals surface area (Å²) >= 11 is 0. The summed E-state index contributed by atoms with van der Waals surface area (Å²) in [5.41, 5.74) is -0.151. The molecule has 0 bridgehead atoms. The maximum atomic E-state index is 11.0. The van der Waals surface area contributed by atoms with E-state index in [0.29, 0.717) is 0 Å². The molecule has 0 atom stereocenters. The van der Waals surface area contributed by atoms with Gasteiger partial charge in [-0.05, 0) is 0 Å². The maximum Gasteiger partial charge on any atom is 0.255 e. The highest BCUT2D eigenvalue weighted by Gasteiger charge is 1.91. The minimum Gasteiger partial charge on any atom is -0.348 e. The highest BCUT2D eigenvalue weighted by atomic mass is 16.5. The molecule has 0 aliphatic heterocycles. The van der Waals surface area contributed by atoms with Crippen molar-refractivity contribution < 1.29 is 4.74 Å². The van der Waals surface area contributed by atoms with Crippen molar-refractivity contribution >= 4 is 0 Å². The van der Waals surface area contributed by atoms with Gasteiger partial charge in [0.2, 0.25) is 0 Å². The average Bonchev–Trinajstić information content (AvgIpc) is 2.09. The molecule has 0 aromatic carbocycles. The zero-order valence-corrected chi connectivity index (χ0v) is 6.43. The Labute approximate surface area is 69.8 Å². The standard InChI is InChI=1S/C8H8N2O2/c1-2-5-12-7-10-6-9-4-3-8(10)11/h1,3-4,6H,5,7H2. The van der Waals surface area contributed by atoms with E-state index in [1.807, 2.05) is 0 Å². The van der Waals surface area contributed by atoms with Gasteiger partial charge < -0.3 is 4.74 Å². The second-order valence-electron chi connectivity index (χ2n) is 2.07. The Kier molecular flexibility index (Phi) is 3.05. The quantitative estimate of drug-likeness (QED) is 0.461. The van der Waals surface area contributed by atoms with Crippen LogP contribution in [0.2, 0.25) is 0 Å². The van der Waals surface area contributed by atoms with Crippen LogP contribution >= 0.6 is 0 Å². The van der Waals surface area contributed by atoms with Crippen LogP contribution in [0.3, 0.4) is 0 Å². The van der Waals surface area contributed by atoms with Gasteiger partial charge in [-0.3, -0.25) is 9.36 Å². The number of aromatic nitrogens is 2. The van der Waals surface area contributed by atoms with Gasteiger partial charge in [0.05, 0.1) is 6.33 Å². The Bertz CT molecular complexity index is 337. The van der Waals surface area contributed by atoms with E-state index in [-0.39, 0.29) is 18.9 Å². The van der Waals surface area contributed by atoms with Crippen LogP contribution in [0.25, 0.3) is 0 Å². The molecule has 1 rings (SSSR count). The summed E-state index contributed by atoms with van der Waals surface area (Å²) in [6, 6.07) is 1.36. The number of hydrogen-bond acceptors (Lipinski definition) is 3. The molecule has 4 heteroatoms. The van der Waals surface area contributed by atoms with Crippen molar-refractivity contribution in [1.29, 1.82) is 0 Å². The van der Waals surface area contributed by atoms with Crippen LogP contribution in [0, 0.1) is 12.3 Å². The fourth-order valence-electron chi connectivity index (χ4n) is 0.678. The van der Waals surface area contributed by atoms with Gasteiger partial charge in [-0.15, -0.1) is 6.42 Å². The van der Waals surface area contributed by atoms with E-state index in [1.165, 1.54) is 23.2 Å². The topological polar surface area (TPSA) is 44.1 Å². The molecule has 0 spiro atoms. The third-order valence-corrected chi connectivity index (χ3v) is 1.21. The Morgan fingerprint density at radius 1 is 1.75 bits per heavy atom. The molecule has 0 N–H and O–H groups in total. The third kappa shape index (κ3) is 2.22. The third-order valence-electron chi connectivity index (χ3n) is 1.21. The van der Waals surface area contributed by atoms with Crippen molar-refractivity contribution in [2.75, 3.05) is 6.61 Å². The van der Waals surface area contributed by atoms with Gasteiger partial charge >= 0.3 is 0 Å². The summed E-state index contributed by atoms with van der Waals surface area (Å²) in [6.45, 7) is 0.345. The number of terminal acetylenes is 1. The van der Waals surface area contributed by atoms with Gasteiger partial charge in [0.25, 0.3) is 5.56 Å². The lowest BCUT2D eigenvalue weighted by atomic mass is 10.6. The van der Waals surface area contributed by atoms with Crippen LogP contribution in [-0.4, -0.2) is 16.2 Å². The largest absolute Gasteiger partial charge is 0.348 e. The van der Waals surface area contributed by atoms with E-state index in [2.05, 4.69) is 10.9 Å². The van der Waals surface area contributed by atoms with Crippen LogP contribution in [-0.2, 0) is 11.5 Å². The number of rotatable bonds is 3. The zero-order valence-electron chi connectivity index (χ0n) is 6.43. The Morgan fingerprint density at radius 2 is 2.58 bits per heavy atom. The highest BCUT2D eigenvalue weighted by molar-refractivity contribution is 4.83. The Morgan fingerprint density at radius 3 is 3.25 bits per heavy atom. The molecule has 0 unspecified atom stereocenters. The summed E-state index contributed by atoms with van der Waals surface area (Å²) in [7, 11) is 0. The van der Waals surface area contributed by atoms with Crippen LogP contribution < -0.4 is 5.56 Å². The minimum atomic E-state index is -0.151. The van der Waals surface area contributed by atoms with Crippen molar-refractivity contribution in [2.45, 2.75) is 6.73 Å². The van der Waals surface area contributed by atoms with E-state index in [1.54, 1.807) is 0 Å². The van der Waals surface area contributed by atoms with Gasteiger partial charge in [-0.25, -0.2) is 4.98 Å². The Balaban J connectivity index is 2.59. The van der Waals surface area contributed by atoms with E-state index in [4.69, 9.17) is 11.2 Å². The van der Waals surface area contributed by atoms with E-state index >= 15 is 0 Å². The predicted octanol–water partition coefficient (Wildman–Crippen LogP) is -0.149. The SMILES string of the molecule is C#CCOCn1cnccc1=O. The summed E-state index contributed by atoms with van der Waals surface area (Å²) in [5, 5.41) is 0. The molecule has 12 heavy (non-hydrogen) atoms. The molecule has 0 fully saturated rings. The number of ether oxygens (including phenoxy) is 1. The van der Waals surface area contributed by atoms with Gasteiger partial charge in [0.1, 0.15) is 13.3 Å². The fourth-order valence-corrected chi connectivity index (χ4v) is 0.678. The number of hydrogen-bond donors (Lipinski definition) is 0. The lowest BCUT2D eigenvalue weighted by Gasteiger charge is -2.01. The second-order valence-corrected chi connectivity index (χ2v) is 2.07. The van der Waals surface area contributed by atoms with Gasteiger partial charge in [0, 0.05) is 12.3 Å². The molecule has 62 valence electrons. The minimum absolute atomic E-state index is 0.150. The average molecular weight is 164 g/mol. The van der Waals surface area contributed by atoms with Gasteiger partial charge in [-0.1, -0.05) is 5.92 Å². The first kappa shape index (κ1) is 8.50. The van der Waals surface area contributed by atoms with Crippen LogP contribution in [0.4, 0.5) is 0 Å². The van der Waals surface area contributed by atoms with Crippen molar-refractivity contribution in [2.24, 2.45) is 0 Å². The summed E-state index contributed by atoms with van der Waals surface area (Å²) in [6.07, 6.45) is 7.78. The molecule has 0 saturated carbocycles. The van der Waals surface area contributed by atoms with Crippen molar-refractivity contribution in [1.82, 2.24) is 9.55 Å². The molecule has 0 aliphatic rings. The maximum absolute atomic E-state index is 11.0. The van der Waals surface area contributed by atoms with Crippen molar-refractivity contribution in [3.8, 4) is 12.3 Å². The second kappa shape index (κ2) is 4.31. The lowest BCUT2D eigenvalue weighted by molar-refractivity contribution is 0.101. The normalized spacial score (nSPS) is 9.25.